The van der Waals surface area contributed by atoms with Crippen molar-refractivity contribution in [3.8, 4) is 0 Å². The number of hydrogen-bond donors (Lipinski definition) is 2. The molecule has 0 amide bonds. The van der Waals surface area contributed by atoms with Crippen LogP contribution in [-0.2, 0) is 0 Å². The van der Waals surface area contributed by atoms with Gasteiger partial charge in [-0.15, -0.1) is 0 Å². The van der Waals surface area contributed by atoms with Crippen LogP contribution in [0.25, 0.3) is 0 Å². The smallest absolute Gasteiger partial charge is 0.0421 e. The maximum Gasteiger partial charge on any atom is 0.0421 e. The molecule has 78 valence electrons. The molecule has 2 nitrogen and oxygen atoms in total. The van der Waals surface area contributed by atoms with Crippen LogP contribution in [0.4, 0.5) is 0 Å². The Hall–Kier alpha value is -0.860. The molecular weight excluding hydrogens is 172 g/mol. The summed E-state index contributed by atoms with van der Waals surface area (Å²) in [5, 5.41) is 3.36. The van der Waals surface area contributed by atoms with E-state index in [1.54, 1.807) is 0 Å². The van der Waals surface area contributed by atoms with Crippen molar-refractivity contribution in [2.45, 2.75) is 25.8 Å². The Morgan fingerprint density at radius 1 is 1.29 bits per heavy atom. The quantitative estimate of drug-likeness (QED) is 0.677. The fourth-order valence-electron chi connectivity index (χ4n) is 1.38. The summed E-state index contributed by atoms with van der Waals surface area (Å²) in [4.78, 5) is 0. The Labute approximate surface area is 86.5 Å². The van der Waals surface area contributed by atoms with Gasteiger partial charge in [0.2, 0.25) is 0 Å². The molecule has 0 saturated heterocycles. The van der Waals surface area contributed by atoms with Gasteiger partial charge in [-0.05, 0) is 18.5 Å². The molecule has 0 aliphatic rings. The molecule has 0 fully saturated rings. The van der Waals surface area contributed by atoms with Gasteiger partial charge in [-0.25, -0.2) is 0 Å². The second kappa shape index (κ2) is 6.57. The monoisotopic (exact) mass is 192 g/mol. The van der Waals surface area contributed by atoms with E-state index in [4.69, 9.17) is 5.73 Å². The Bertz CT molecular complexity index is 233. The third-order valence-corrected chi connectivity index (χ3v) is 2.30. The summed E-state index contributed by atoms with van der Waals surface area (Å²) in [7, 11) is 0. The molecule has 0 aliphatic carbocycles. The predicted molar refractivity (Wildman–Crippen MR) is 61.1 cm³/mol. The molecule has 1 unspecified atom stereocenters. The van der Waals surface area contributed by atoms with E-state index in [-0.39, 0.29) is 6.04 Å². The summed E-state index contributed by atoms with van der Waals surface area (Å²) >= 11 is 0. The minimum absolute atomic E-state index is 0.119. The molecule has 0 aliphatic heterocycles. The van der Waals surface area contributed by atoms with E-state index in [0.29, 0.717) is 0 Å². The first-order chi connectivity index (χ1) is 6.84. The summed E-state index contributed by atoms with van der Waals surface area (Å²) < 4.78 is 0. The normalized spacial score (nSPS) is 12.7. The molecule has 0 radical (unpaired) electrons. The Morgan fingerprint density at radius 3 is 2.64 bits per heavy atom. The lowest BCUT2D eigenvalue weighted by molar-refractivity contribution is 0.579. The summed E-state index contributed by atoms with van der Waals surface area (Å²) in [6, 6.07) is 10.3. The number of unbranched alkanes of at least 4 members (excludes halogenated alkanes) is 1. The zero-order chi connectivity index (χ0) is 10.2. The van der Waals surface area contributed by atoms with E-state index in [1.165, 1.54) is 18.4 Å². The van der Waals surface area contributed by atoms with Crippen molar-refractivity contribution in [3.05, 3.63) is 35.9 Å². The van der Waals surface area contributed by atoms with E-state index in [1.807, 2.05) is 18.2 Å². The highest BCUT2D eigenvalue weighted by atomic mass is 14.9. The third-order valence-electron chi connectivity index (χ3n) is 2.30. The highest BCUT2D eigenvalue weighted by Crippen LogP contribution is 2.07. The molecule has 0 aromatic heterocycles. The summed E-state index contributed by atoms with van der Waals surface area (Å²) in [5.41, 5.74) is 7.22. The molecule has 1 aromatic carbocycles. The SMILES string of the molecule is CCCCNCC(N)c1ccccc1. The molecule has 0 spiro atoms. The largest absolute Gasteiger partial charge is 0.323 e. The molecule has 0 heterocycles. The number of hydrogen-bond acceptors (Lipinski definition) is 2. The topological polar surface area (TPSA) is 38.0 Å². The van der Waals surface area contributed by atoms with Gasteiger partial charge in [0.1, 0.15) is 0 Å². The van der Waals surface area contributed by atoms with Crippen LogP contribution >= 0.6 is 0 Å². The number of nitrogens with one attached hydrogen (secondary N) is 1. The van der Waals surface area contributed by atoms with E-state index in [0.717, 1.165) is 13.1 Å². The van der Waals surface area contributed by atoms with Crippen molar-refractivity contribution in [1.29, 1.82) is 0 Å². The van der Waals surface area contributed by atoms with E-state index in [2.05, 4.69) is 24.4 Å². The van der Waals surface area contributed by atoms with Crippen LogP contribution in [0.2, 0.25) is 0 Å². The average Bonchev–Trinajstić information content (AvgIpc) is 2.25. The standard InChI is InChI=1S/C12H20N2/c1-2-3-9-14-10-12(13)11-7-5-4-6-8-11/h4-8,12,14H,2-3,9-10,13H2,1H3. The molecule has 1 atom stereocenters. The van der Waals surface area contributed by atoms with Crippen molar-refractivity contribution in [2.24, 2.45) is 5.73 Å². The Kier molecular flexibility index (Phi) is 5.27. The fourth-order valence-corrected chi connectivity index (χ4v) is 1.38. The predicted octanol–water partition coefficient (Wildman–Crippen LogP) is 2.08. The van der Waals surface area contributed by atoms with Crippen LogP contribution in [0.1, 0.15) is 31.4 Å². The minimum atomic E-state index is 0.119. The molecule has 1 rings (SSSR count). The highest BCUT2D eigenvalue weighted by molar-refractivity contribution is 5.18. The molecule has 1 aromatic rings. The van der Waals surface area contributed by atoms with Gasteiger partial charge in [0, 0.05) is 12.6 Å². The van der Waals surface area contributed by atoms with Gasteiger partial charge >= 0.3 is 0 Å². The first-order valence-electron chi connectivity index (χ1n) is 5.36. The Balaban J connectivity index is 2.25. The van der Waals surface area contributed by atoms with Crippen LogP contribution < -0.4 is 11.1 Å². The van der Waals surface area contributed by atoms with E-state index >= 15 is 0 Å². The summed E-state index contributed by atoms with van der Waals surface area (Å²) in [5.74, 6) is 0. The summed E-state index contributed by atoms with van der Waals surface area (Å²) in [6.07, 6.45) is 2.45. The van der Waals surface area contributed by atoms with Crippen molar-refractivity contribution in [3.63, 3.8) is 0 Å². The number of nitrogens with two attached hydrogens (primary N) is 1. The lowest BCUT2D eigenvalue weighted by Crippen LogP contribution is -2.27. The maximum atomic E-state index is 6.01. The van der Waals surface area contributed by atoms with Crippen molar-refractivity contribution in [2.75, 3.05) is 13.1 Å². The second-order valence-electron chi connectivity index (χ2n) is 3.57. The van der Waals surface area contributed by atoms with E-state index in [9.17, 15) is 0 Å². The highest BCUT2D eigenvalue weighted by Gasteiger charge is 2.03. The van der Waals surface area contributed by atoms with Gasteiger partial charge in [-0.2, -0.15) is 0 Å². The number of rotatable bonds is 6. The van der Waals surface area contributed by atoms with Gasteiger partial charge in [0.15, 0.2) is 0 Å². The lowest BCUT2D eigenvalue weighted by Gasteiger charge is -2.12. The zero-order valence-corrected chi connectivity index (χ0v) is 8.87. The molecular formula is C12H20N2. The van der Waals surface area contributed by atoms with Crippen molar-refractivity contribution < 1.29 is 0 Å². The molecule has 0 bridgehead atoms. The Morgan fingerprint density at radius 2 is 2.00 bits per heavy atom. The van der Waals surface area contributed by atoms with Gasteiger partial charge in [-0.3, -0.25) is 0 Å². The van der Waals surface area contributed by atoms with Gasteiger partial charge in [0.25, 0.3) is 0 Å². The second-order valence-corrected chi connectivity index (χ2v) is 3.57. The molecule has 0 saturated carbocycles. The average molecular weight is 192 g/mol. The van der Waals surface area contributed by atoms with Gasteiger partial charge in [0.05, 0.1) is 0 Å². The summed E-state index contributed by atoms with van der Waals surface area (Å²) in [6.45, 7) is 4.12. The van der Waals surface area contributed by atoms with Gasteiger partial charge < -0.3 is 11.1 Å². The first kappa shape index (κ1) is 11.2. The van der Waals surface area contributed by atoms with E-state index < -0.39 is 0 Å². The fraction of sp³-hybridized carbons (Fsp3) is 0.500. The zero-order valence-electron chi connectivity index (χ0n) is 8.87. The maximum absolute atomic E-state index is 6.01. The third kappa shape index (κ3) is 3.90. The van der Waals surface area contributed by atoms with Crippen LogP contribution in [0.3, 0.4) is 0 Å². The molecule has 2 heteroatoms. The minimum Gasteiger partial charge on any atom is -0.323 e. The van der Waals surface area contributed by atoms with Gasteiger partial charge in [-0.1, -0.05) is 43.7 Å². The van der Waals surface area contributed by atoms with Crippen LogP contribution in [0.5, 0.6) is 0 Å². The molecule has 14 heavy (non-hydrogen) atoms. The van der Waals surface area contributed by atoms with Crippen LogP contribution in [0, 0.1) is 0 Å². The van der Waals surface area contributed by atoms with Crippen molar-refractivity contribution >= 4 is 0 Å². The number of benzene rings is 1. The van der Waals surface area contributed by atoms with Crippen LogP contribution in [-0.4, -0.2) is 13.1 Å². The molecule has 3 N–H and O–H groups in total. The van der Waals surface area contributed by atoms with Crippen LogP contribution in [0.15, 0.2) is 30.3 Å². The lowest BCUT2D eigenvalue weighted by atomic mass is 10.1. The first-order valence-corrected chi connectivity index (χ1v) is 5.36. The van der Waals surface area contributed by atoms with Crippen molar-refractivity contribution in [1.82, 2.24) is 5.32 Å².